The summed E-state index contributed by atoms with van der Waals surface area (Å²) in [6.07, 6.45) is 1.48. The minimum atomic E-state index is -0.286. The zero-order valence-electron chi connectivity index (χ0n) is 12.4. The van der Waals surface area contributed by atoms with Crippen molar-refractivity contribution in [3.63, 3.8) is 0 Å². The third kappa shape index (κ3) is 4.02. The minimum absolute atomic E-state index is 0.144. The molecule has 1 aromatic carbocycles. The van der Waals surface area contributed by atoms with Gasteiger partial charge in [-0.25, -0.2) is 9.97 Å². The highest BCUT2D eigenvalue weighted by molar-refractivity contribution is 6.33. The normalized spacial score (nSPS) is 10.7. The number of aromatic nitrogens is 2. The molecule has 110 valence electrons. The van der Waals surface area contributed by atoms with Gasteiger partial charge in [0, 0.05) is 12.5 Å². The first-order chi connectivity index (χ1) is 9.97. The Morgan fingerprint density at radius 2 is 2.14 bits per heavy atom. The first-order valence-electron chi connectivity index (χ1n) is 6.83. The van der Waals surface area contributed by atoms with E-state index < -0.39 is 0 Å². The molecule has 4 nitrogen and oxygen atoms in total. The molecule has 0 spiro atoms. The lowest BCUT2D eigenvalue weighted by Crippen LogP contribution is -2.25. The van der Waals surface area contributed by atoms with Crippen molar-refractivity contribution in [1.29, 1.82) is 0 Å². The lowest BCUT2D eigenvalue weighted by molar-refractivity contribution is 0.0945. The number of amides is 1. The van der Waals surface area contributed by atoms with Gasteiger partial charge in [-0.15, -0.1) is 0 Å². The average Bonchev–Trinajstić information content (AvgIpc) is 2.45. The van der Waals surface area contributed by atoms with Crippen LogP contribution in [0.25, 0.3) is 0 Å². The molecule has 0 fully saturated rings. The molecule has 2 aromatic rings. The van der Waals surface area contributed by atoms with E-state index in [1.165, 1.54) is 6.20 Å². The van der Waals surface area contributed by atoms with E-state index in [9.17, 15) is 4.79 Å². The Bertz CT molecular complexity index is 656. The third-order valence-electron chi connectivity index (χ3n) is 3.03. The van der Waals surface area contributed by atoms with Gasteiger partial charge in [0.05, 0.1) is 11.2 Å². The Morgan fingerprint density at radius 3 is 2.81 bits per heavy atom. The predicted octanol–water partition coefficient (Wildman–Crippen LogP) is 3.49. The Kier molecular flexibility index (Phi) is 4.91. The molecule has 0 aliphatic rings. The summed E-state index contributed by atoms with van der Waals surface area (Å²) < 4.78 is 0. The number of hydrogen-bond acceptors (Lipinski definition) is 3. The summed E-state index contributed by atoms with van der Waals surface area (Å²) in [7, 11) is 0. The fraction of sp³-hybridized carbons (Fsp3) is 0.312. The number of hydrogen-bond donors (Lipinski definition) is 1. The van der Waals surface area contributed by atoms with E-state index in [1.54, 1.807) is 0 Å². The second-order valence-corrected chi connectivity index (χ2v) is 5.66. The molecule has 0 bridgehead atoms. The molecule has 5 heteroatoms. The monoisotopic (exact) mass is 303 g/mol. The van der Waals surface area contributed by atoms with Gasteiger partial charge in [0.25, 0.3) is 5.91 Å². The topological polar surface area (TPSA) is 54.9 Å². The quantitative estimate of drug-likeness (QED) is 0.940. The van der Waals surface area contributed by atoms with Crippen LogP contribution in [0.3, 0.4) is 0 Å². The number of rotatable bonds is 4. The zero-order valence-corrected chi connectivity index (χ0v) is 13.1. The highest BCUT2D eigenvalue weighted by Crippen LogP contribution is 2.16. The van der Waals surface area contributed by atoms with Crippen molar-refractivity contribution in [2.45, 2.75) is 33.2 Å². The number of nitrogens with zero attached hydrogens (tertiary/aromatic N) is 2. The molecule has 0 saturated carbocycles. The molecular formula is C16H18ClN3O. The molecule has 1 N–H and O–H groups in total. The molecule has 1 amide bonds. The van der Waals surface area contributed by atoms with Crippen LogP contribution in [0.4, 0.5) is 0 Å². The molecule has 0 unspecified atom stereocenters. The molecule has 2 rings (SSSR count). The summed E-state index contributed by atoms with van der Waals surface area (Å²) >= 11 is 6.02. The third-order valence-corrected chi connectivity index (χ3v) is 3.31. The van der Waals surface area contributed by atoms with Gasteiger partial charge in [0.2, 0.25) is 0 Å². The molecule has 0 aliphatic carbocycles. The van der Waals surface area contributed by atoms with Crippen molar-refractivity contribution in [3.8, 4) is 0 Å². The molecule has 1 heterocycles. The summed E-state index contributed by atoms with van der Waals surface area (Å²) in [4.78, 5) is 20.6. The smallest absolute Gasteiger partial charge is 0.271 e. The predicted molar refractivity (Wildman–Crippen MR) is 83.5 cm³/mol. The number of halogens is 1. The van der Waals surface area contributed by atoms with Crippen molar-refractivity contribution in [2.75, 3.05) is 0 Å². The van der Waals surface area contributed by atoms with Crippen molar-refractivity contribution in [2.24, 2.45) is 0 Å². The summed E-state index contributed by atoms with van der Waals surface area (Å²) in [6, 6.07) is 7.97. The van der Waals surface area contributed by atoms with E-state index in [4.69, 9.17) is 11.6 Å². The number of aryl methyl sites for hydroxylation is 1. The standard InChI is InChI=1S/C16H18ClN3O/c1-10(2)15-18-9-13(17)14(20-15)16(21)19-8-12-6-4-5-11(3)7-12/h4-7,9-10H,8H2,1-3H3,(H,19,21). The highest BCUT2D eigenvalue weighted by atomic mass is 35.5. The maximum atomic E-state index is 12.2. The van der Waals surface area contributed by atoms with Crippen LogP contribution in [0.1, 0.15) is 47.2 Å². The largest absolute Gasteiger partial charge is 0.347 e. The summed E-state index contributed by atoms with van der Waals surface area (Å²) in [6.45, 7) is 6.40. The van der Waals surface area contributed by atoms with Crippen molar-refractivity contribution < 1.29 is 4.79 Å². The number of benzene rings is 1. The Morgan fingerprint density at radius 1 is 1.38 bits per heavy atom. The van der Waals surface area contributed by atoms with Gasteiger partial charge in [-0.2, -0.15) is 0 Å². The van der Waals surface area contributed by atoms with E-state index in [0.29, 0.717) is 12.4 Å². The molecule has 0 radical (unpaired) electrons. The van der Waals surface area contributed by atoms with Gasteiger partial charge >= 0.3 is 0 Å². The second-order valence-electron chi connectivity index (χ2n) is 5.25. The van der Waals surface area contributed by atoms with Crippen molar-refractivity contribution in [3.05, 3.63) is 58.1 Å². The van der Waals surface area contributed by atoms with Crippen molar-refractivity contribution >= 4 is 17.5 Å². The minimum Gasteiger partial charge on any atom is -0.347 e. The van der Waals surface area contributed by atoms with Gasteiger partial charge in [-0.1, -0.05) is 55.3 Å². The van der Waals surface area contributed by atoms with Gasteiger partial charge < -0.3 is 5.32 Å². The van der Waals surface area contributed by atoms with E-state index in [-0.39, 0.29) is 22.5 Å². The number of nitrogens with one attached hydrogen (secondary N) is 1. The Hall–Kier alpha value is -1.94. The SMILES string of the molecule is Cc1cccc(CNC(=O)c2nc(C(C)C)ncc2Cl)c1. The first kappa shape index (κ1) is 15.4. The van der Waals surface area contributed by atoms with Gasteiger partial charge in [-0.3, -0.25) is 4.79 Å². The van der Waals surface area contributed by atoms with Crippen LogP contribution in [0.15, 0.2) is 30.5 Å². The Labute approximate surface area is 129 Å². The van der Waals surface area contributed by atoms with Crippen LogP contribution in [0.2, 0.25) is 5.02 Å². The van der Waals surface area contributed by atoms with Gasteiger partial charge in [0.1, 0.15) is 11.5 Å². The molecule has 21 heavy (non-hydrogen) atoms. The summed E-state index contributed by atoms with van der Waals surface area (Å²) in [5, 5.41) is 3.10. The molecule has 0 aliphatic heterocycles. The highest BCUT2D eigenvalue weighted by Gasteiger charge is 2.15. The van der Waals surface area contributed by atoms with Gasteiger partial charge in [-0.05, 0) is 12.5 Å². The lowest BCUT2D eigenvalue weighted by Gasteiger charge is -2.09. The van der Waals surface area contributed by atoms with Crippen LogP contribution in [0, 0.1) is 6.92 Å². The maximum Gasteiger partial charge on any atom is 0.271 e. The summed E-state index contributed by atoms with van der Waals surface area (Å²) in [5.74, 6) is 0.469. The van der Waals surface area contributed by atoms with E-state index >= 15 is 0 Å². The lowest BCUT2D eigenvalue weighted by atomic mass is 10.1. The van der Waals surface area contributed by atoms with Crippen LogP contribution in [-0.4, -0.2) is 15.9 Å². The first-order valence-corrected chi connectivity index (χ1v) is 7.21. The molecule has 0 saturated heterocycles. The summed E-state index contributed by atoms with van der Waals surface area (Å²) in [5.41, 5.74) is 2.42. The molecular weight excluding hydrogens is 286 g/mol. The molecule has 1 aromatic heterocycles. The second kappa shape index (κ2) is 6.68. The van der Waals surface area contributed by atoms with Crippen LogP contribution < -0.4 is 5.32 Å². The average molecular weight is 304 g/mol. The fourth-order valence-electron chi connectivity index (χ4n) is 1.91. The number of carbonyl (C=O) groups excluding carboxylic acids is 1. The Balaban J connectivity index is 2.11. The van der Waals surface area contributed by atoms with Crippen LogP contribution in [-0.2, 0) is 6.54 Å². The van der Waals surface area contributed by atoms with E-state index in [2.05, 4.69) is 15.3 Å². The van der Waals surface area contributed by atoms with Crippen LogP contribution in [0.5, 0.6) is 0 Å². The maximum absolute atomic E-state index is 12.2. The van der Waals surface area contributed by atoms with Gasteiger partial charge in [0.15, 0.2) is 0 Å². The zero-order chi connectivity index (χ0) is 15.4. The number of carbonyl (C=O) groups is 1. The van der Waals surface area contributed by atoms with Crippen LogP contribution >= 0.6 is 11.6 Å². The molecule has 0 atom stereocenters. The van der Waals surface area contributed by atoms with Crippen molar-refractivity contribution in [1.82, 2.24) is 15.3 Å². The van der Waals surface area contributed by atoms with E-state index in [1.807, 2.05) is 45.0 Å². The van der Waals surface area contributed by atoms with E-state index in [0.717, 1.165) is 11.1 Å². The fourth-order valence-corrected chi connectivity index (χ4v) is 2.08.